The lowest BCUT2D eigenvalue weighted by Crippen LogP contribution is -2.18. The number of carbonyl (C=O) groups is 1. The molecule has 0 aromatic heterocycles. The summed E-state index contributed by atoms with van der Waals surface area (Å²) in [4.78, 5) is 11.3. The summed E-state index contributed by atoms with van der Waals surface area (Å²) in [5.74, 6) is 0.500. The van der Waals surface area contributed by atoms with Crippen molar-refractivity contribution in [3.05, 3.63) is 17.7 Å². The van der Waals surface area contributed by atoms with E-state index in [0.29, 0.717) is 30.3 Å². The van der Waals surface area contributed by atoms with E-state index in [1.807, 2.05) is 0 Å². The van der Waals surface area contributed by atoms with Crippen LogP contribution in [0.15, 0.2) is 12.1 Å². The van der Waals surface area contributed by atoms with Crippen molar-refractivity contribution < 1.29 is 19.0 Å². The monoisotopic (exact) mass is 209 g/mol. The number of benzene rings is 1. The number of anilines is 1. The van der Waals surface area contributed by atoms with Gasteiger partial charge in [0.25, 0.3) is 0 Å². The number of rotatable bonds is 1. The first-order chi connectivity index (χ1) is 7.24. The average molecular weight is 209 g/mol. The van der Waals surface area contributed by atoms with Crippen LogP contribution < -0.4 is 15.2 Å². The van der Waals surface area contributed by atoms with E-state index in [2.05, 4.69) is 4.74 Å². The number of hydrogen-bond acceptors (Lipinski definition) is 5. The molecule has 2 N–H and O–H groups in total. The second-order valence-corrected chi connectivity index (χ2v) is 3.04. The van der Waals surface area contributed by atoms with E-state index in [1.165, 1.54) is 7.11 Å². The molecule has 0 bridgehead atoms. The predicted octanol–water partition coefficient (Wildman–Crippen LogP) is 0.827. The lowest BCUT2D eigenvalue weighted by atomic mass is 10.1. The van der Waals surface area contributed by atoms with Gasteiger partial charge >= 0.3 is 5.97 Å². The van der Waals surface area contributed by atoms with Gasteiger partial charge in [-0.15, -0.1) is 0 Å². The van der Waals surface area contributed by atoms with Gasteiger partial charge in [0.15, 0.2) is 11.5 Å². The Bertz CT molecular complexity index is 403. The standard InChI is InChI=1S/C10H11NO4/c1-13-10(12)6-2-3-7-9(8(6)11)15-5-4-14-7/h2-3H,4-5,11H2,1H3. The molecule has 0 saturated heterocycles. The summed E-state index contributed by atoms with van der Waals surface area (Å²) in [6.07, 6.45) is 0. The summed E-state index contributed by atoms with van der Waals surface area (Å²) in [6.45, 7) is 0.922. The third-order valence-electron chi connectivity index (χ3n) is 2.15. The van der Waals surface area contributed by atoms with Crippen LogP contribution in [0.5, 0.6) is 11.5 Å². The topological polar surface area (TPSA) is 70.8 Å². The number of nitrogen functional groups attached to an aromatic ring is 1. The van der Waals surface area contributed by atoms with Crippen LogP contribution in [0.25, 0.3) is 0 Å². The van der Waals surface area contributed by atoms with Gasteiger partial charge in [-0.05, 0) is 12.1 Å². The van der Waals surface area contributed by atoms with Gasteiger partial charge in [-0.1, -0.05) is 0 Å². The van der Waals surface area contributed by atoms with Crippen LogP contribution in [0.3, 0.4) is 0 Å². The Morgan fingerprint density at radius 1 is 1.40 bits per heavy atom. The molecular weight excluding hydrogens is 198 g/mol. The number of methoxy groups -OCH3 is 1. The molecule has 5 nitrogen and oxygen atoms in total. The fraction of sp³-hybridized carbons (Fsp3) is 0.300. The Balaban J connectivity index is 2.47. The summed E-state index contributed by atoms with van der Waals surface area (Å²) < 4.78 is 15.2. The smallest absolute Gasteiger partial charge is 0.340 e. The van der Waals surface area contributed by atoms with Crippen molar-refractivity contribution in [2.24, 2.45) is 0 Å². The summed E-state index contributed by atoms with van der Waals surface area (Å²) in [5.41, 5.74) is 6.33. The van der Waals surface area contributed by atoms with E-state index in [0.717, 1.165) is 0 Å². The third kappa shape index (κ3) is 1.56. The van der Waals surface area contributed by atoms with Crippen molar-refractivity contribution in [2.45, 2.75) is 0 Å². The number of nitrogens with two attached hydrogens (primary N) is 1. The van der Waals surface area contributed by atoms with E-state index in [1.54, 1.807) is 12.1 Å². The normalized spacial score (nSPS) is 13.4. The number of fused-ring (bicyclic) bond motifs is 1. The van der Waals surface area contributed by atoms with Gasteiger partial charge in [-0.3, -0.25) is 0 Å². The van der Waals surface area contributed by atoms with E-state index in [9.17, 15) is 4.79 Å². The van der Waals surface area contributed by atoms with Crippen molar-refractivity contribution in [2.75, 3.05) is 26.1 Å². The summed E-state index contributed by atoms with van der Waals surface area (Å²) >= 11 is 0. The molecule has 0 fully saturated rings. The van der Waals surface area contributed by atoms with Crippen LogP contribution in [0.4, 0.5) is 5.69 Å². The molecule has 1 heterocycles. The minimum Gasteiger partial charge on any atom is -0.486 e. The van der Waals surface area contributed by atoms with Crippen molar-refractivity contribution in [1.29, 1.82) is 0 Å². The number of esters is 1. The minimum absolute atomic E-state index is 0.263. The molecule has 15 heavy (non-hydrogen) atoms. The molecule has 0 atom stereocenters. The molecule has 0 spiro atoms. The molecule has 1 aliphatic heterocycles. The third-order valence-corrected chi connectivity index (χ3v) is 2.15. The first-order valence-electron chi connectivity index (χ1n) is 4.50. The van der Waals surface area contributed by atoms with Crippen LogP contribution in [-0.4, -0.2) is 26.3 Å². The van der Waals surface area contributed by atoms with Crippen molar-refractivity contribution >= 4 is 11.7 Å². The lowest BCUT2D eigenvalue weighted by molar-refractivity contribution is 0.0601. The summed E-state index contributed by atoms with van der Waals surface area (Å²) in [5, 5.41) is 0. The fourth-order valence-corrected chi connectivity index (χ4v) is 1.43. The Hall–Kier alpha value is -1.91. The zero-order valence-corrected chi connectivity index (χ0v) is 8.28. The molecule has 0 unspecified atom stereocenters. The van der Waals surface area contributed by atoms with Gasteiger partial charge in [-0.25, -0.2) is 4.79 Å². The summed E-state index contributed by atoms with van der Waals surface area (Å²) in [6, 6.07) is 3.21. The highest BCUT2D eigenvalue weighted by molar-refractivity contribution is 5.97. The Kier molecular flexibility index (Phi) is 2.37. The molecule has 2 rings (SSSR count). The molecule has 1 aromatic carbocycles. The number of carbonyl (C=O) groups excluding carboxylic acids is 1. The molecule has 1 aliphatic rings. The van der Waals surface area contributed by atoms with Crippen molar-refractivity contribution in [3.63, 3.8) is 0 Å². The molecule has 0 saturated carbocycles. The van der Waals surface area contributed by atoms with E-state index >= 15 is 0 Å². The summed E-state index contributed by atoms with van der Waals surface area (Å²) in [7, 11) is 1.30. The molecule has 80 valence electrons. The fourth-order valence-electron chi connectivity index (χ4n) is 1.43. The lowest BCUT2D eigenvalue weighted by Gasteiger charge is -2.20. The van der Waals surface area contributed by atoms with Crippen LogP contribution >= 0.6 is 0 Å². The quantitative estimate of drug-likeness (QED) is 0.547. The molecule has 1 aromatic rings. The molecule has 0 aliphatic carbocycles. The number of hydrogen-bond donors (Lipinski definition) is 1. The van der Waals surface area contributed by atoms with Gasteiger partial charge in [-0.2, -0.15) is 0 Å². The van der Waals surface area contributed by atoms with Gasteiger partial charge in [0.05, 0.1) is 18.4 Å². The maximum atomic E-state index is 11.3. The SMILES string of the molecule is COC(=O)c1ccc2c(c1N)OCCO2. The van der Waals surface area contributed by atoms with E-state index < -0.39 is 5.97 Å². The zero-order chi connectivity index (χ0) is 10.8. The van der Waals surface area contributed by atoms with Crippen molar-refractivity contribution in [3.8, 4) is 11.5 Å². The maximum Gasteiger partial charge on any atom is 0.340 e. The van der Waals surface area contributed by atoms with Crippen LogP contribution in [-0.2, 0) is 4.74 Å². The molecule has 0 radical (unpaired) electrons. The Morgan fingerprint density at radius 2 is 2.13 bits per heavy atom. The highest BCUT2D eigenvalue weighted by Gasteiger charge is 2.20. The van der Waals surface area contributed by atoms with E-state index in [4.69, 9.17) is 15.2 Å². The van der Waals surface area contributed by atoms with Gasteiger partial charge in [0.2, 0.25) is 0 Å². The van der Waals surface area contributed by atoms with Gasteiger partial charge in [0.1, 0.15) is 13.2 Å². The van der Waals surface area contributed by atoms with E-state index in [-0.39, 0.29) is 5.69 Å². The highest BCUT2D eigenvalue weighted by atomic mass is 16.6. The second-order valence-electron chi connectivity index (χ2n) is 3.04. The Morgan fingerprint density at radius 3 is 2.87 bits per heavy atom. The minimum atomic E-state index is -0.482. The first kappa shape index (κ1) is 9.64. The van der Waals surface area contributed by atoms with Crippen LogP contribution in [0.2, 0.25) is 0 Å². The zero-order valence-electron chi connectivity index (χ0n) is 8.28. The highest BCUT2D eigenvalue weighted by Crippen LogP contribution is 2.38. The predicted molar refractivity (Wildman–Crippen MR) is 53.2 cm³/mol. The van der Waals surface area contributed by atoms with Crippen LogP contribution in [0.1, 0.15) is 10.4 Å². The van der Waals surface area contributed by atoms with Crippen LogP contribution in [0, 0.1) is 0 Å². The van der Waals surface area contributed by atoms with Gasteiger partial charge < -0.3 is 19.9 Å². The molecular formula is C10H11NO4. The molecule has 0 amide bonds. The average Bonchev–Trinajstić information content (AvgIpc) is 2.29. The second kappa shape index (κ2) is 3.68. The van der Waals surface area contributed by atoms with Crippen molar-refractivity contribution in [1.82, 2.24) is 0 Å². The Labute approximate surface area is 86.7 Å². The largest absolute Gasteiger partial charge is 0.486 e. The van der Waals surface area contributed by atoms with Gasteiger partial charge in [0, 0.05) is 0 Å². The molecule has 5 heteroatoms. The maximum absolute atomic E-state index is 11.3. The first-order valence-corrected chi connectivity index (χ1v) is 4.50. The number of ether oxygens (including phenoxy) is 3.